The predicted octanol–water partition coefficient (Wildman–Crippen LogP) is 4.30. The molecule has 0 fully saturated rings. The maximum absolute atomic E-state index is 12.7. The van der Waals surface area contributed by atoms with Gasteiger partial charge in [-0.3, -0.25) is 0 Å². The van der Waals surface area contributed by atoms with E-state index in [2.05, 4.69) is 0 Å². The molecule has 0 aliphatic heterocycles. The molecule has 0 saturated heterocycles. The molecule has 0 bridgehead atoms. The largest absolute Gasteiger partial charge is 0.402 e. The lowest BCUT2D eigenvalue weighted by Crippen LogP contribution is -2.39. The summed E-state index contributed by atoms with van der Waals surface area (Å²) in [6.45, 7) is -1.82. The molecule has 0 radical (unpaired) electrons. The minimum Gasteiger partial charge on any atom is -0.212 e. The fourth-order valence-electron chi connectivity index (χ4n) is 1.92. The Balaban J connectivity index is 2.22. The molecule has 0 unspecified atom stereocenters. The zero-order chi connectivity index (χ0) is 17.1. The van der Waals surface area contributed by atoms with Gasteiger partial charge >= 0.3 is 6.18 Å². The first-order valence-electron chi connectivity index (χ1n) is 6.46. The molecule has 0 atom stereocenters. The van der Waals surface area contributed by atoms with E-state index < -0.39 is 28.5 Å². The van der Waals surface area contributed by atoms with Gasteiger partial charge in [-0.15, -0.1) is 0 Å². The average Bonchev–Trinajstić information content (AvgIpc) is 2.92. The van der Waals surface area contributed by atoms with Gasteiger partial charge in [-0.25, -0.2) is 8.42 Å². The van der Waals surface area contributed by atoms with Gasteiger partial charge in [0.1, 0.15) is 6.54 Å². The minimum atomic E-state index is -4.61. The molecule has 2 aromatic rings. The van der Waals surface area contributed by atoms with E-state index in [4.69, 9.17) is 11.6 Å². The van der Waals surface area contributed by atoms with Crippen molar-refractivity contribution in [1.29, 1.82) is 0 Å². The van der Waals surface area contributed by atoms with Crippen LogP contribution < -0.4 is 0 Å². The van der Waals surface area contributed by atoms with Crippen molar-refractivity contribution in [1.82, 2.24) is 4.31 Å². The van der Waals surface area contributed by atoms with Crippen molar-refractivity contribution in [3.8, 4) is 0 Å². The summed E-state index contributed by atoms with van der Waals surface area (Å²) in [4.78, 5) is 0. The van der Waals surface area contributed by atoms with Gasteiger partial charge in [0.15, 0.2) is 0 Å². The third kappa shape index (κ3) is 5.80. The van der Waals surface area contributed by atoms with Gasteiger partial charge in [0.05, 0.1) is 5.75 Å². The molecular formula is C14H13ClF3NO2S2. The zero-order valence-electron chi connectivity index (χ0n) is 11.8. The molecule has 1 heterocycles. The van der Waals surface area contributed by atoms with E-state index in [1.807, 2.05) is 0 Å². The Morgan fingerprint density at radius 1 is 1.09 bits per heavy atom. The monoisotopic (exact) mass is 383 g/mol. The standard InChI is InChI=1S/C14H13ClF3NO2S2/c15-13-3-1-11(2-4-13)9-23(20,21)19(10-14(16,17)18)7-12-5-6-22-8-12/h1-6,8H,7,9-10H2. The Morgan fingerprint density at radius 3 is 2.26 bits per heavy atom. The lowest BCUT2D eigenvalue weighted by Gasteiger charge is -2.23. The summed E-state index contributed by atoms with van der Waals surface area (Å²) < 4.78 is 63.4. The fraction of sp³-hybridized carbons (Fsp3) is 0.286. The topological polar surface area (TPSA) is 37.4 Å². The number of hydrogen-bond donors (Lipinski definition) is 0. The molecule has 0 N–H and O–H groups in total. The van der Waals surface area contributed by atoms with Gasteiger partial charge in [0.25, 0.3) is 0 Å². The Labute approximate surface area is 141 Å². The molecule has 3 nitrogen and oxygen atoms in total. The summed E-state index contributed by atoms with van der Waals surface area (Å²) in [7, 11) is -4.12. The van der Waals surface area contributed by atoms with Gasteiger partial charge in [0.2, 0.25) is 10.0 Å². The number of nitrogens with zero attached hydrogens (tertiary/aromatic N) is 1. The van der Waals surface area contributed by atoms with E-state index in [0.29, 0.717) is 20.5 Å². The van der Waals surface area contributed by atoms with E-state index in [-0.39, 0.29) is 6.54 Å². The van der Waals surface area contributed by atoms with Crippen molar-refractivity contribution < 1.29 is 21.6 Å². The predicted molar refractivity (Wildman–Crippen MR) is 84.9 cm³/mol. The number of sulfonamides is 1. The maximum Gasteiger partial charge on any atom is 0.402 e. The van der Waals surface area contributed by atoms with Crippen LogP contribution in [0, 0.1) is 0 Å². The quantitative estimate of drug-likeness (QED) is 0.746. The lowest BCUT2D eigenvalue weighted by atomic mass is 10.2. The number of hydrogen-bond acceptors (Lipinski definition) is 3. The molecule has 126 valence electrons. The summed E-state index contributed by atoms with van der Waals surface area (Å²) in [5.41, 5.74) is 0.908. The molecular weight excluding hydrogens is 371 g/mol. The summed E-state index contributed by atoms with van der Waals surface area (Å²) in [6.07, 6.45) is -4.61. The highest BCUT2D eigenvalue weighted by molar-refractivity contribution is 7.88. The van der Waals surface area contributed by atoms with Crippen LogP contribution in [0.4, 0.5) is 13.2 Å². The highest BCUT2D eigenvalue weighted by Crippen LogP contribution is 2.23. The highest BCUT2D eigenvalue weighted by Gasteiger charge is 2.36. The lowest BCUT2D eigenvalue weighted by molar-refractivity contribution is -0.136. The maximum atomic E-state index is 12.7. The molecule has 0 amide bonds. The van der Waals surface area contributed by atoms with E-state index >= 15 is 0 Å². The smallest absolute Gasteiger partial charge is 0.212 e. The molecule has 1 aromatic heterocycles. The average molecular weight is 384 g/mol. The number of rotatable bonds is 6. The fourth-order valence-corrected chi connectivity index (χ4v) is 4.19. The summed E-state index contributed by atoms with van der Waals surface area (Å²) in [5.74, 6) is -0.510. The molecule has 0 aliphatic rings. The second kappa shape index (κ2) is 7.21. The van der Waals surface area contributed by atoms with Gasteiger partial charge in [-0.2, -0.15) is 28.8 Å². The Morgan fingerprint density at radius 2 is 1.74 bits per heavy atom. The van der Waals surface area contributed by atoms with E-state index in [0.717, 1.165) is 0 Å². The first-order valence-corrected chi connectivity index (χ1v) is 9.39. The number of thiophene rings is 1. The normalized spacial score (nSPS) is 12.7. The van der Waals surface area contributed by atoms with Crippen molar-refractivity contribution >= 4 is 33.0 Å². The SMILES string of the molecule is O=S(=O)(Cc1ccc(Cl)cc1)N(Cc1ccsc1)CC(F)(F)F. The molecule has 1 aromatic carbocycles. The van der Waals surface area contributed by atoms with Crippen molar-refractivity contribution in [2.45, 2.75) is 18.5 Å². The molecule has 0 saturated carbocycles. The van der Waals surface area contributed by atoms with Crippen molar-refractivity contribution in [3.05, 3.63) is 57.2 Å². The second-order valence-corrected chi connectivity index (χ2v) is 8.08. The number of halogens is 4. The van der Waals surface area contributed by atoms with E-state index in [9.17, 15) is 21.6 Å². The van der Waals surface area contributed by atoms with Crippen LogP contribution in [-0.4, -0.2) is 25.4 Å². The third-order valence-corrected chi connectivity index (χ3v) is 5.68. The Bertz CT molecular complexity index is 728. The van der Waals surface area contributed by atoms with Crippen molar-refractivity contribution in [3.63, 3.8) is 0 Å². The van der Waals surface area contributed by atoms with Crippen LogP contribution in [0.5, 0.6) is 0 Å². The molecule has 0 aliphatic carbocycles. The second-order valence-electron chi connectivity index (χ2n) is 4.90. The van der Waals surface area contributed by atoms with Crippen LogP contribution >= 0.6 is 22.9 Å². The summed E-state index contributed by atoms with van der Waals surface area (Å²) in [5, 5.41) is 3.74. The van der Waals surface area contributed by atoms with Crippen LogP contribution in [-0.2, 0) is 22.3 Å². The Kier molecular flexibility index (Phi) is 5.72. The van der Waals surface area contributed by atoms with Crippen LogP contribution in [0.25, 0.3) is 0 Å². The zero-order valence-corrected chi connectivity index (χ0v) is 14.1. The number of alkyl halides is 3. The van der Waals surface area contributed by atoms with Gasteiger partial charge in [0, 0.05) is 11.6 Å². The van der Waals surface area contributed by atoms with Crippen molar-refractivity contribution in [2.24, 2.45) is 0 Å². The molecule has 2 rings (SSSR count). The van der Waals surface area contributed by atoms with Crippen LogP contribution in [0.15, 0.2) is 41.1 Å². The van der Waals surface area contributed by atoms with Crippen molar-refractivity contribution in [2.75, 3.05) is 6.54 Å². The molecule has 9 heteroatoms. The van der Waals surface area contributed by atoms with Crippen LogP contribution in [0.3, 0.4) is 0 Å². The van der Waals surface area contributed by atoms with Crippen LogP contribution in [0.2, 0.25) is 5.02 Å². The van der Waals surface area contributed by atoms with Crippen LogP contribution in [0.1, 0.15) is 11.1 Å². The molecule has 0 spiro atoms. The number of benzene rings is 1. The first kappa shape index (κ1) is 18.3. The third-order valence-electron chi connectivity index (χ3n) is 2.95. The first-order chi connectivity index (χ1) is 10.7. The van der Waals surface area contributed by atoms with Gasteiger partial charge in [-0.05, 0) is 40.1 Å². The highest BCUT2D eigenvalue weighted by atomic mass is 35.5. The van der Waals surface area contributed by atoms with Gasteiger partial charge in [-0.1, -0.05) is 23.7 Å². The van der Waals surface area contributed by atoms with Gasteiger partial charge < -0.3 is 0 Å². The molecule has 23 heavy (non-hydrogen) atoms. The van der Waals surface area contributed by atoms with E-state index in [1.54, 1.807) is 16.8 Å². The summed E-state index contributed by atoms with van der Waals surface area (Å²) >= 11 is 7.02. The minimum absolute atomic E-state index is 0.307. The Hall–Kier alpha value is -1.09. The van der Waals surface area contributed by atoms with E-state index in [1.165, 1.54) is 35.6 Å². The summed E-state index contributed by atoms with van der Waals surface area (Å²) in [6, 6.07) is 7.57.